The Labute approximate surface area is 116 Å². The molecule has 6 heteroatoms. The minimum absolute atomic E-state index is 0.171. The van der Waals surface area contributed by atoms with Crippen molar-refractivity contribution in [1.82, 2.24) is 11.2 Å². The lowest BCUT2D eigenvalue weighted by Gasteiger charge is -2.09. The first-order valence-electron chi connectivity index (χ1n) is 6.04. The Bertz CT molecular complexity index is 499. The standard InChI is InChI=1S/C14H16N2O4/c17-13-7-3-1-5-11(13)9-19-15-16-20-10-12-6-2-4-8-14(12)18/h1-8,15-18H,9-10H2. The maximum atomic E-state index is 9.51. The van der Waals surface area contributed by atoms with Gasteiger partial charge in [0.1, 0.15) is 11.5 Å². The summed E-state index contributed by atoms with van der Waals surface area (Å²) in [6, 6.07) is 13.8. The molecule has 6 nitrogen and oxygen atoms in total. The third-order valence-electron chi connectivity index (χ3n) is 2.62. The molecule has 0 amide bonds. The maximum Gasteiger partial charge on any atom is 0.121 e. The fourth-order valence-corrected chi connectivity index (χ4v) is 1.55. The van der Waals surface area contributed by atoms with Crippen molar-refractivity contribution in [2.75, 3.05) is 0 Å². The highest BCUT2D eigenvalue weighted by molar-refractivity contribution is 5.31. The average Bonchev–Trinajstić information content (AvgIpc) is 2.46. The highest BCUT2D eigenvalue weighted by Crippen LogP contribution is 2.16. The van der Waals surface area contributed by atoms with Crippen LogP contribution in [0.2, 0.25) is 0 Å². The molecule has 0 aliphatic rings. The highest BCUT2D eigenvalue weighted by Gasteiger charge is 2.00. The highest BCUT2D eigenvalue weighted by atomic mass is 16.8. The molecule has 0 saturated heterocycles. The van der Waals surface area contributed by atoms with Gasteiger partial charge >= 0.3 is 0 Å². The van der Waals surface area contributed by atoms with E-state index in [1.807, 2.05) is 0 Å². The van der Waals surface area contributed by atoms with Gasteiger partial charge in [-0.15, -0.1) is 11.2 Å². The minimum Gasteiger partial charge on any atom is -0.508 e. The second-order valence-corrected chi connectivity index (χ2v) is 4.04. The molecule has 0 bridgehead atoms. The van der Waals surface area contributed by atoms with Crippen molar-refractivity contribution in [2.24, 2.45) is 0 Å². The first-order chi connectivity index (χ1) is 9.77. The number of aromatic hydroxyl groups is 2. The molecule has 0 aromatic heterocycles. The molecule has 20 heavy (non-hydrogen) atoms. The van der Waals surface area contributed by atoms with Gasteiger partial charge in [0.05, 0.1) is 13.2 Å². The van der Waals surface area contributed by atoms with E-state index < -0.39 is 0 Å². The molecule has 0 aliphatic heterocycles. The first-order valence-corrected chi connectivity index (χ1v) is 6.04. The largest absolute Gasteiger partial charge is 0.508 e. The first kappa shape index (κ1) is 14.3. The number of nitrogens with one attached hydrogen (secondary N) is 2. The van der Waals surface area contributed by atoms with Crippen molar-refractivity contribution in [3.8, 4) is 11.5 Å². The molecule has 2 aromatic rings. The van der Waals surface area contributed by atoms with Crippen molar-refractivity contribution < 1.29 is 19.9 Å². The van der Waals surface area contributed by atoms with E-state index in [0.29, 0.717) is 11.1 Å². The fourth-order valence-electron chi connectivity index (χ4n) is 1.55. The number of phenolic OH excluding ortho intramolecular Hbond substituents is 2. The zero-order valence-electron chi connectivity index (χ0n) is 10.7. The molecule has 2 rings (SSSR count). The van der Waals surface area contributed by atoms with Crippen LogP contribution in [0.25, 0.3) is 0 Å². The van der Waals surface area contributed by atoms with E-state index in [0.717, 1.165) is 0 Å². The van der Waals surface area contributed by atoms with Gasteiger partial charge in [0.25, 0.3) is 0 Å². The van der Waals surface area contributed by atoms with Crippen molar-refractivity contribution in [3.63, 3.8) is 0 Å². The second kappa shape index (κ2) is 7.46. The summed E-state index contributed by atoms with van der Waals surface area (Å²) in [5, 5.41) is 19.0. The molecule has 0 aliphatic carbocycles. The molecule has 2 aromatic carbocycles. The normalized spacial score (nSPS) is 10.6. The molecule has 0 spiro atoms. The fraction of sp³-hybridized carbons (Fsp3) is 0.143. The number of hydrogen-bond donors (Lipinski definition) is 4. The Morgan fingerprint density at radius 1 is 0.700 bits per heavy atom. The van der Waals surface area contributed by atoms with Crippen molar-refractivity contribution in [3.05, 3.63) is 59.7 Å². The molecular weight excluding hydrogens is 260 g/mol. The molecule has 4 N–H and O–H groups in total. The predicted molar refractivity (Wildman–Crippen MR) is 72.1 cm³/mol. The summed E-state index contributed by atoms with van der Waals surface area (Å²) >= 11 is 0. The van der Waals surface area contributed by atoms with Crippen LogP contribution in [0.4, 0.5) is 0 Å². The van der Waals surface area contributed by atoms with Gasteiger partial charge in [0.2, 0.25) is 0 Å². The Morgan fingerprint density at radius 2 is 1.10 bits per heavy atom. The van der Waals surface area contributed by atoms with E-state index in [1.54, 1.807) is 48.5 Å². The molecular formula is C14H16N2O4. The lowest BCUT2D eigenvalue weighted by atomic mass is 10.2. The molecule has 106 valence electrons. The molecule has 0 unspecified atom stereocenters. The van der Waals surface area contributed by atoms with E-state index >= 15 is 0 Å². The second-order valence-electron chi connectivity index (χ2n) is 4.04. The van der Waals surface area contributed by atoms with Crippen molar-refractivity contribution in [2.45, 2.75) is 13.2 Å². The smallest absolute Gasteiger partial charge is 0.121 e. The van der Waals surface area contributed by atoms with Crippen LogP contribution in [-0.4, -0.2) is 10.2 Å². The minimum atomic E-state index is 0.171. The number of phenols is 2. The van der Waals surface area contributed by atoms with Gasteiger partial charge in [0.15, 0.2) is 0 Å². The van der Waals surface area contributed by atoms with Gasteiger partial charge in [-0.05, 0) is 12.1 Å². The lowest BCUT2D eigenvalue weighted by Crippen LogP contribution is -2.31. The van der Waals surface area contributed by atoms with Crippen LogP contribution < -0.4 is 11.2 Å². The number of hydrazine groups is 1. The summed E-state index contributed by atoms with van der Waals surface area (Å²) in [6.07, 6.45) is 0. The Kier molecular flexibility index (Phi) is 5.33. The molecule has 0 saturated carbocycles. The van der Waals surface area contributed by atoms with Gasteiger partial charge in [-0.1, -0.05) is 36.4 Å². The van der Waals surface area contributed by atoms with Crippen LogP contribution in [0.15, 0.2) is 48.5 Å². The summed E-state index contributed by atoms with van der Waals surface area (Å²) in [7, 11) is 0. The van der Waals surface area contributed by atoms with E-state index in [2.05, 4.69) is 11.2 Å². The molecule has 0 fully saturated rings. The summed E-state index contributed by atoms with van der Waals surface area (Å²) in [6.45, 7) is 0.360. The van der Waals surface area contributed by atoms with E-state index in [4.69, 9.17) is 9.68 Å². The lowest BCUT2D eigenvalue weighted by molar-refractivity contribution is -0.122. The van der Waals surface area contributed by atoms with Crippen molar-refractivity contribution >= 4 is 0 Å². The van der Waals surface area contributed by atoms with Crippen LogP contribution in [0.1, 0.15) is 11.1 Å². The number of para-hydroxylation sites is 2. The number of benzene rings is 2. The number of hydrogen-bond acceptors (Lipinski definition) is 6. The Balaban J connectivity index is 1.63. The summed E-state index contributed by atoms with van der Waals surface area (Å²) in [4.78, 5) is 10.1. The zero-order valence-corrected chi connectivity index (χ0v) is 10.7. The third-order valence-corrected chi connectivity index (χ3v) is 2.62. The Hall–Kier alpha value is -2.12. The maximum absolute atomic E-state index is 9.51. The van der Waals surface area contributed by atoms with Crippen LogP contribution in [-0.2, 0) is 22.9 Å². The Morgan fingerprint density at radius 3 is 1.50 bits per heavy atom. The topological polar surface area (TPSA) is 83.0 Å². The summed E-state index contributed by atoms with van der Waals surface area (Å²) in [5.74, 6) is 0.342. The van der Waals surface area contributed by atoms with Gasteiger partial charge in [-0.25, -0.2) is 0 Å². The van der Waals surface area contributed by atoms with Crippen molar-refractivity contribution in [1.29, 1.82) is 0 Å². The third kappa shape index (κ3) is 4.22. The zero-order chi connectivity index (χ0) is 14.2. The van der Waals surface area contributed by atoms with Crippen LogP contribution in [0.3, 0.4) is 0 Å². The van der Waals surface area contributed by atoms with E-state index in [-0.39, 0.29) is 24.7 Å². The van der Waals surface area contributed by atoms with Gasteiger partial charge in [-0.2, -0.15) is 0 Å². The van der Waals surface area contributed by atoms with E-state index in [9.17, 15) is 10.2 Å². The average molecular weight is 276 g/mol. The van der Waals surface area contributed by atoms with Crippen LogP contribution in [0.5, 0.6) is 11.5 Å². The number of rotatable bonds is 7. The molecule has 0 radical (unpaired) electrons. The van der Waals surface area contributed by atoms with Gasteiger partial charge < -0.3 is 10.2 Å². The monoisotopic (exact) mass is 276 g/mol. The van der Waals surface area contributed by atoms with Crippen LogP contribution >= 0.6 is 0 Å². The van der Waals surface area contributed by atoms with Crippen LogP contribution in [0, 0.1) is 0 Å². The molecule has 0 heterocycles. The SMILES string of the molecule is Oc1ccccc1CONNOCc1ccccc1O. The van der Waals surface area contributed by atoms with Gasteiger partial charge in [0, 0.05) is 11.1 Å². The summed E-state index contributed by atoms with van der Waals surface area (Å²) < 4.78 is 0. The predicted octanol–water partition coefficient (Wildman–Crippen LogP) is 1.76. The quantitative estimate of drug-likeness (QED) is 0.455. The summed E-state index contributed by atoms with van der Waals surface area (Å²) in [5.41, 5.74) is 6.08. The van der Waals surface area contributed by atoms with E-state index in [1.165, 1.54) is 0 Å². The van der Waals surface area contributed by atoms with Gasteiger partial charge in [-0.3, -0.25) is 9.68 Å². The molecule has 0 atom stereocenters.